The molecule has 3 aromatic rings. The van der Waals surface area contributed by atoms with Gasteiger partial charge in [-0.1, -0.05) is 28.9 Å². The van der Waals surface area contributed by atoms with Gasteiger partial charge in [-0.05, 0) is 49.7 Å². The van der Waals surface area contributed by atoms with Crippen LogP contribution in [0.5, 0.6) is 0 Å². The number of aryl methyl sites for hydroxylation is 2. The predicted molar refractivity (Wildman–Crippen MR) is 125 cm³/mol. The summed E-state index contributed by atoms with van der Waals surface area (Å²) in [6, 6.07) is 11.2. The first kappa shape index (κ1) is 26.6. The number of aromatic carboxylic acids is 1. The summed E-state index contributed by atoms with van der Waals surface area (Å²) in [5.41, 5.74) is 2.92. The van der Waals surface area contributed by atoms with Gasteiger partial charge in [-0.15, -0.1) is 0 Å². The van der Waals surface area contributed by atoms with Gasteiger partial charge in [0, 0.05) is 16.3 Å². The number of nitrogens with zero attached hydrogens (tertiary/aromatic N) is 1. The molecule has 11 heteroatoms. The first-order chi connectivity index (χ1) is 15.2. The fourth-order valence-electron chi connectivity index (χ4n) is 3.07. The Kier molecular flexibility index (Phi) is 9.63. The number of carbonyl (C=O) groups is 3. The molecule has 1 aromatic heterocycles. The third kappa shape index (κ3) is 7.15. The van der Waals surface area contributed by atoms with Crippen LogP contribution in [0.15, 0.2) is 47.0 Å². The molecule has 0 saturated carbocycles. The Hall–Kier alpha value is -2.69. The number of amides is 2. The summed E-state index contributed by atoms with van der Waals surface area (Å²) in [6.45, 7) is 2.84. The van der Waals surface area contributed by atoms with Crippen molar-refractivity contribution < 1.29 is 28.8 Å². The number of aromatic nitrogens is 1. The molecule has 0 fully saturated rings. The van der Waals surface area contributed by atoms with Gasteiger partial charge in [0.1, 0.15) is 19.0 Å². The van der Waals surface area contributed by atoms with E-state index in [-0.39, 0.29) is 52.4 Å². The zero-order chi connectivity index (χ0) is 23.3. The van der Waals surface area contributed by atoms with Crippen LogP contribution in [0.4, 0.5) is 11.4 Å². The standard InChI is InChI=1S/C22H20ClN3O6.Na.H/c1-12-21(13(2)32-26-12)14-4-3-5-16(8-14)24-19(27)10-31-11-20(28)25-18-7-6-15(23)9-17(18)22(29)30;;/h3-9H,10-11H2,1-2H3,(H,24,27)(H,25,28)(H,29,30);;. The van der Waals surface area contributed by atoms with Crippen LogP contribution in [0.3, 0.4) is 0 Å². The van der Waals surface area contributed by atoms with Crippen molar-refractivity contribution in [2.45, 2.75) is 13.8 Å². The topological polar surface area (TPSA) is 131 Å². The molecule has 0 saturated heterocycles. The maximum absolute atomic E-state index is 12.2. The minimum absolute atomic E-state index is 0. The van der Waals surface area contributed by atoms with Gasteiger partial charge in [-0.3, -0.25) is 9.59 Å². The molecule has 2 amide bonds. The van der Waals surface area contributed by atoms with E-state index in [0.29, 0.717) is 11.4 Å². The molecule has 0 bridgehead atoms. The normalized spacial score (nSPS) is 10.3. The number of hydrogen-bond donors (Lipinski definition) is 3. The van der Waals surface area contributed by atoms with Crippen molar-refractivity contribution in [3.8, 4) is 11.1 Å². The fourth-order valence-corrected chi connectivity index (χ4v) is 3.24. The molecule has 168 valence electrons. The summed E-state index contributed by atoms with van der Waals surface area (Å²) in [4.78, 5) is 35.5. The molecule has 9 nitrogen and oxygen atoms in total. The Morgan fingerprint density at radius 3 is 2.39 bits per heavy atom. The summed E-state index contributed by atoms with van der Waals surface area (Å²) >= 11 is 5.78. The van der Waals surface area contributed by atoms with Crippen molar-refractivity contribution in [3.05, 3.63) is 64.5 Å². The van der Waals surface area contributed by atoms with Gasteiger partial charge >= 0.3 is 35.5 Å². The second-order valence-corrected chi connectivity index (χ2v) is 7.30. The number of halogens is 1. The van der Waals surface area contributed by atoms with E-state index < -0.39 is 24.4 Å². The van der Waals surface area contributed by atoms with Crippen molar-refractivity contribution in [1.82, 2.24) is 5.16 Å². The van der Waals surface area contributed by atoms with Gasteiger partial charge in [0.25, 0.3) is 0 Å². The molecular formula is C22H21ClN3NaO6. The SMILES string of the molecule is Cc1noc(C)c1-c1cccc(NC(=O)COCC(=O)Nc2ccc(Cl)cc2C(=O)O)c1.[NaH]. The number of carbonyl (C=O) groups excluding carboxylic acids is 2. The van der Waals surface area contributed by atoms with E-state index in [1.165, 1.54) is 18.2 Å². The molecule has 1 heterocycles. The van der Waals surface area contributed by atoms with Crippen LogP contribution in [0, 0.1) is 13.8 Å². The maximum atomic E-state index is 12.2. The van der Waals surface area contributed by atoms with E-state index in [9.17, 15) is 19.5 Å². The molecule has 0 aliphatic rings. The molecule has 0 aliphatic heterocycles. The second kappa shape index (κ2) is 12.0. The molecule has 2 aromatic carbocycles. The van der Waals surface area contributed by atoms with Crippen molar-refractivity contribution in [2.75, 3.05) is 23.8 Å². The first-order valence-corrected chi connectivity index (χ1v) is 9.86. The van der Waals surface area contributed by atoms with Crippen molar-refractivity contribution in [3.63, 3.8) is 0 Å². The van der Waals surface area contributed by atoms with Gasteiger partial charge in [-0.2, -0.15) is 0 Å². The van der Waals surface area contributed by atoms with Crippen LogP contribution in [0.1, 0.15) is 21.8 Å². The molecular weight excluding hydrogens is 461 g/mol. The summed E-state index contributed by atoms with van der Waals surface area (Å²) in [5.74, 6) is -1.62. The third-order valence-corrected chi connectivity index (χ3v) is 4.66. The summed E-state index contributed by atoms with van der Waals surface area (Å²) < 4.78 is 10.3. The molecule has 3 N–H and O–H groups in total. The van der Waals surface area contributed by atoms with Crippen LogP contribution in [-0.2, 0) is 14.3 Å². The monoisotopic (exact) mass is 481 g/mol. The zero-order valence-corrected chi connectivity index (χ0v) is 18.0. The number of hydrogen-bond acceptors (Lipinski definition) is 6. The van der Waals surface area contributed by atoms with E-state index in [1.54, 1.807) is 18.2 Å². The first-order valence-electron chi connectivity index (χ1n) is 9.48. The molecule has 0 radical (unpaired) electrons. The van der Waals surface area contributed by atoms with Crippen LogP contribution in [0.2, 0.25) is 5.02 Å². The quantitative estimate of drug-likeness (QED) is 0.421. The van der Waals surface area contributed by atoms with E-state index in [2.05, 4.69) is 15.8 Å². The molecule has 0 spiro atoms. The van der Waals surface area contributed by atoms with E-state index in [0.717, 1.165) is 16.8 Å². The summed E-state index contributed by atoms with van der Waals surface area (Å²) in [5, 5.41) is 18.5. The number of ether oxygens (including phenoxy) is 1. The van der Waals surface area contributed by atoms with Crippen molar-refractivity contribution >= 4 is 70.3 Å². The molecule has 3 rings (SSSR count). The third-order valence-electron chi connectivity index (χ3n) is 4.42. The number of carboxylic acid groups (broad SMARTS) is 1. The Morgan fingerprint density at radius 1 is 1.06 bits per heavy atom. The number of carboxylic acids is 1. The van der Waals surface area contributed by atoms with Gasteiger partial charge < -0.3 is 25.0 Å². The molecule has 0 aliphatic carbocycles. The van der Waals surface area contributed by atoms with Gasteiger partial charge in [0.05, 0.1) is 16.9 Å². The second-order valence-electron chi connectivity index (χ2n) is 6.86. The Morgan fingerprint density at radius 2 is 1.76 bits per heavy atom. The van der Waals surface area contributed by atoms with Crippen LogP contribution >= 0.6 is 11.6 Å². The Balaban J connectivity index is 0.00000385. The summed E-state index contributed by atoms with van der Waals surface area (Å²) in [7, 11) is 0. The number of nitrogens with one attached hydrogen (secondary N) is 2. The van der Waals surface area contributed by atoms with E-state index in [4.69, 9.17) is 20.9 Å². The van der Waals surface area contributed by atoms with Crippen molar-refractivity contribution in [1.29, 1.82) is 0 Å². The average Bonchev–Trinajstić information content (AvgIpc) is 3.07. The Bertz CT molecular complexity index is 1160. The van der Waals surface area contributed by atoms with Gasteiger partial charge in [-0.25, -0.2) is 4.79 Å². The van der Waals surface area contributed by atoms with E-state index in [1.807, 2.05) is 19.9 Å². The number of anilines is 2. The molecule has 33 heavy (non-hydrogen) atoms. The predicted octanol–water partition coefficient (Wildman–Crippen LogP) is 3.26. The zero-order valence-electron chi connectivity index (χ0n) is 17.3. The minimum atomic E-state index is -1.23. The van der Waals surface area contributed by atoms with E-state index >= 15 is 0 Å². The number of rotatable bonds is 8. The van der Waals surface area contributed by atoms with Gasteiger partial charge in [0.2, 0.25) is 11.8 Å². The molecule has 0 unspecified atom stereocenters. The average molecular weight is 482 g/mol. The van der Waals surface area contributed by atoms with Crippen LogP contribution < -0.4 is 10.6 Å². The fraction of sp³-hybridized carbons (Fsp3) is 0.182. The van der Waals surface area contributed by atoms with Crippen LogP contribution in [0.25, 0.3) is 11.1 Å². The van der Waals surface area contributed by atoms with Crippen LogP contribution in [-0.4, -0.2) is 70.8 Å². The van der Waals surface area contributed by atoms with Gasteiger partial charge in [0.15, 0.2) is 0 Å². The summed E-state index contributed by atoms with van der Waals surface area (Å²) in [6.07, 6.45) is 0. The molecule has 0 atom stereocenters. The van der Waals surface area contributed by atoms with Crippen molar-refractivity contribution in [2.24, 2.45) is 0 Å². The number of benzene rings is 2. The Labute approximate surface area is 216 Å².